The van der Waals surface area contributed by atoms with Crippen LogP contribution in [0.4, 0.5) is 0 Å². The molecule has 17 heavy (non-hydrogen) atoms. The molecule has 1 aromatic rings. The molecule has 4 heteroatoms. The van der Waals surface area contributed by atoms with E-state index >= 15 is 0 Å². The van der Waals surface area contributed by atoms with Crippen molar-refractivity contribution >= 4 is 9.84 Å². The number of hydrogen-bond acceptors (Lipinski definition) is 3. The van der Waals surface area contributed by atoms with Crippen molar-refractivity contribution in [1.82, 2.24) is 0 Å². The Hall–Kier alpha value is -0.870. The average Bonchev–Trinajstić information content (AvgIpc) is 2.69. The van der Waals surface area contributed by atoms with Crippen molar-refractivity contribution in [2.24, 2.45) is 11.7 Å². The Balaban J connectivity index is 2.17. The second kappa shape index (κ2) is 4.78. The second-order valence-electron chi connectivity index (χ2n) is 4.79. The molecule has 1 aliphatic rings. The van der Waals surface area contributed by atoms with E-state index in [9.17, 15) is 8.42 Å². The average molecular weight is 253 g/mol. The van der Waals surface area contributed by atoms with Gasteiger partial charge in [0, 0.05) is 6.04 Å². The van der Waals surface area contributed by atoms with Crippen LogP contribution < -0.4 is 5.73 Å². The molecule has 2 unspecified atom stereocenters. The molecular weight excluding hydrogens is 234 g/mol. The number of aryl methyl sites for hydroxylation is 1. The highest BCUT2D eigenvalue weighted by Gasteiger charge is 2.32. The molecule has 0 aliphatic carbocycles. The highest BCUT2D eigenvalue weighted by Crippen LogP contribution is 2.29. The third-order valence-electron chi connectivity index (χ3n) is 3.52. The maximum Gasteiger partial charge on any atom is 0.150 e. The normalized spacial score (nSPS) is 24.7. The molecule has 1 saturated heterocycles. The van der Waals surface area contributed by atoms with E-state index in [0.717, 1.165) is 12.0 Å². The lowest BCUT2D eigenvalue weighted by Gasteiger charge is -2.18. The third-order valence-corrected chi connectivity index (χ3v) is 5.31. The zero-order valence-corrected chi connectivity index (χ0v) is 10.9. The lowest BCUT2D eigenvalue weighted by atomic mass is 9.92. The second-order valence-corrected chi connectivity index (χ2v) is 7.02. The lowest BCUT2D eigenvalue weighted by molar-refractivity contribution is 0.479. The van der Waals surface area contributed by atoms with Gasteiger partial charge in [0.25, 0.3) is 0 Å². The summed E-state index contributed by atoms with van der Waals surface area (Å²) < 4.78 is 22.9. The monoisotopic (exact) mass is 253 g/mol. The van der Waals surface area contributed by atoms with Crippen LogP contribution in [0, 0.1) is 5.92 Å². The maximum absolute atomic E-state index is 11.4. The summed E-state index contributed by atoms with van der Waals surface area (Å²) in [4.78, 5) is 0. The van der Waals surface area contributed by atoms with Gasteiger partial charge in [0.2, 0.25) is 0 Å². The number of rotatable bonds is 3. The predicted octanol–water partition coefficient (Wildman–Crippen LogP) is 1.68. The summed E-state index contributed by atoms with van der Waals surface area (Å²) in [5.41, 5.74) is 8.49. The fraction of sp³-hybridized carbons (Fsp3) is 0.538. The molecule has 1 fully saturated rings. The zero-order valence-electron chi connectivity index (χ0n) is 10.1. The van der Waals surface area contributed by atoms with E-state index in [1.165, 1.54) is 5.56 Å². The van der Waals surface area contributed by atoms with Gasteiger partial charge in [-0.2, -0.15) is 0 Å². The van der Waals surface area contributed by atoms with Crippen molar-refractivity contribution in [3.05, 3.63) is 35.4 Å². The first-order chi connectivity index (χ1) is 8.02. The van der Waals surface area contributed by atoms with Crippen molar-refractivity contribution in [3.63, 3.8) is 0 Å². The van der Waals surface area contributed by atoms with Gasteiger partial charge >= 0.3 is 0 Å². The molecule has 0 bridgehead atoms. The number of benzene rings is 1. The van der Waals surface area contributed by atoms with Gasteiger partial charge < -0.3 is 5.73 Å². The largest absolute Gasteiger partial charge is 0.324 e. The Bertz CT molecular complexity index is 496. The van der Waals surface area contributed by atoms with Crippen molar-refractivity contribution in [3.8, 4) is 0 Å². The molecule has 0 saturated carbocycles. The van der Waals surface area contributed by atoms with Crippen LogP contribution in [0.5, 0.6) is 0 Å². The minimum absolute atomic E-state index is 0.0760. The first-order valence-electron chi connectivity index (χ1n) is 6.06. The number of nitrogens with two attached hydrogens (primary N) is 1. The van der Waals surface area contributed by atoms with Gasteiger partial charge in [0.05, 0.1) is 11.5 Å². The van der Waals surface area contributed by atoms with Gasteiger partial charge in [-0.3, -0.25) is 0 Å². The van der Waals surface area contributed by atoms with Gasteiger partial charge in [-0.25, -0.2) is 8.42 Å². The highest BCUT2D eigenvalue weighted by molar-refractivity contribution is 7.91. The molecule has 1 heterocycles. The van der Waals surface area contributed by atoms with Crippen LogP contribution in [-0.4, -0.2) is 19.9 Å². The fourth-order valence-corrected chi connectivity index (χ4v) is 4.25. The van der Waals surface area contributed by atoms with Crippen molar-refractivity contribution < 1.29 is 8.42 Å². The van der Waals surface area contributed by atoms with Crippen molar-refractivity contribution in [2.45, 2.75) is 25.8 Å². The van der Waals surface area contributed by atoms with Crippen LogP contribution in [0.1, 0.15) is 30.5 Å². The van der Waals surface area contributed by atoms with Crippen LogP contribution in [0.2, 0.25) is 0 Å². The van der Waals surface area contributed by atoms with E-state index < -0.39 is 9.84 Å². The van der Waals surface area contributed by atoms with Gasteiger partial charge in [0.1, 0.15) is 0 Å². The topological polar surface area (TPSA) is 60.2 Å². The van der Waals surface area contributed by atoms with Crippen LogP contribution in [0.3, 0.4) is 0 Å². The minimum atomic E-state index is -2.84. The standard InChI is InChI=1S/C13H19NO2S/c1-2-10-4-3-5-11(8-10)13(14)12-6-7-17(15,16)9-12/h3-5,8,12-13H,2,6-7,9,14H2,1H3. The molecule has 0 radical (unpaired) electrons. The summed E-state index contributed by atoms with van der Waals surface area (Å²) in [5, 5.41) is 0. The highest BCUT2D eigenvalue weighted by atomic mass is 32.2. The Kier molecular flexibility index (Phi) is 3.54. The Morgan fingerprint density at radius 1 is 1.47 bits per heavy atom. The van der Waals surface area contributed by atoms with E-state index in [0.29, 0.717) is 12.2 Å². The fourth-order valence-electron chi connectivity index (χ4n) is 2.40. The molecule has 1 aromatic carbocycles. The van der Waals surface area contributed by atoms with E-state index in [-0.39, 0.29) is 17.7 Å². The Labute approximate surface area is 103 Å². The third kappa shape index (κ3) is 2.87. The summed E-state index contributed by atoms with van der Waals surface area (Å²) in [6.07, 6.45) is 1.67. The summed E-state index contributed by atoms with van der Waals surface area (Å²) in [6, 6.07) is 8.00. The van der Waals surface area contributed by atoms with Crippen LogP contribution in [-0.2, 0) is 16.3 Å². The Morgan fingerprint density at radius 3 is 2.82 bits per heavy atom. The maximum atomic E-state index is 11.4. The molecule has 2 rings (SSSR count). The van der Waals surface area contributed by atoms with Crippen LogP contribution in [0.25, 0.3) is 0 Å². The summed E-state index contributed by atoms with van der Waals surface area (Å²) in [7, 11) is -2.84. The Morgan fingerprint density at radius 2 is 2.24 bits per heavy atom. The first-order valence-corrected chi connectivity index (χ1v) is 7.89. The number of hydrogen-bond donors (Lipinski definition) is 1. The molecule has 0 aromatic heterocycles. The number of sulfone groups is 1. The molecule has 0 spiro atoms. The molecular formula is C13H19NO2S. The van der Waals surface area contributed by atoms with Crippen molar-refractivity contribution in [2.75, 3.05) is 11.5 Å². The summed E-state index contributed by atoms with van der Waals surface area (Å²) in [5.74, 6) is 0.607. The van der Waals surface area contributed by atoms with Crippen molar-refractivity contribution in [1.29, 1.82) is 0 Å². The van der Waals surface area contributed by atoms with Gasteiger partial charge in [-0.15, -0.1) is 0 Å². The molecule has 0 amide bonds. The first kappa shape index (κ1) is 12.6. The van der Waals surface area contributed by atoms with E-state index in [1.54, 1.807) is 0 Å². The van der Waals surface area contributed by atoms with Gasteiger partial charge in [-0.1, -0.05) is 31.2 Å². The van der Waals surface area contributed by atoms with E-state index in [2.05, 4.69) is 19.1 Å². The van der Waals surface area contributed by atoms with E-state index in [4.69, 9.17) is 5.73 Å². The quantitative estimate of drug-likeness (QED) is 0.891. The predicted molar refractivity (Wildman–Crippen MR) is 69.5 cm³/mol. The van der Waals surface area contributed by atoms with E-state index in [1.807, 2.05) is 12.1 Å². The molecule has 3 nitrogen and oxygen atoms in total. The molecule has 2 atom stereocenters. The van der Waals surface area contributed by atoms with Crippen LogP contribution >= 0.6 is 0 Å². The van der Waals surface area contributed by atoms with Crippen LogP contribution in [0.15, 0.2) is 24.3 Å². The summed E-state index contributed by atoms with van der Waals surface area (Å²) in [6.45, 7) is 2.10. The zero-order chi connectivity index (χ0) is 12.5. The molecule has 1 aliphatic heterocycles. The molecule has 94 valence electrons. The van der Waals surface area contributed by atoms with Gasteiger partial charge in [-0.05, 0) is 29.9 Å². The molecule has 2 N–H and O–H groups in total. The smallest absolute Gasteiger partial charge is 0.150 e. The SMILES string of the molecule is CCc1cccc(C(N)C2CCS(=O)(=O)C2)c1. The lowest BCUT2D eigenvalue weighted by Crippen LogP contribution is -2.22. The minimum Gasteiger partial charge on any atom is -0.324 e. The van der Waals surface area contributed by atoms with Gasteiger partial charge in [0.15, 0.2) is 9.84 Å². The summed E-state index contributed by atoms with van der Waals surface area (Å²) >= 11 is 0.